The van der Waals surface area contributed by atoms with Crippen LogP contribution in [0.3, 0.4) is 0 Å². The maximum Gasteiger partial charge on any atom is 0.240 e. The van der Waals surface area contributed by atoms with Gasteiger partial charge < -0.3 is 10.6 Å². The molecule has 0 saturated heterocycles. The van der Waals surface area contributed by atoms with E-state index >= 15 is 0 Å². The van der Waals surface area contributed by atoms with Crippen molar-refractivity contribution in [3.8, 4) is 6.07 Å². The summed E-state index contributed by atoms with van der Waals surface area (Å²) in [6.07, 6.45) is 0. The van der Waals surface area contributed by atoms with Gasteiger partial charge >= 0.3 is 0 Å². The Morgan fingerprint density at radius 3 is 2.87 bits per heavy atom. The third-order valence-electron chi connectivity index (χ3n) is 1.68. The van der Waals surface area contributed by atoms with Crippen LogP contribution in [0.2, 0.25) is 0 Å². The second kappa shape index (κ2) is 6.24. The van der Waals surface area contributed by atoms with Crippen molar-refractivity contribution in [3.05, 3.63) is 27.8 Å². The van der Waals surface area contributed by atoms with E-state index in [2.05, 4.69) is 33.2 Å². The van der Waals surface area contributed by atoms with Gasteiger partial charge in [0.15, 0.2) is 0 Å². The molecule has 1 aromatic carbocycles. The lowest BCUT2D eigenvalue weighted by Crippen LogP contribution is -2.30. The first-order valence-corrected chi connectivity index (χ1v) is 5.44. The molecule has 1 rings (SSSR count). The van der Waals surface area contributed by atoms with E-state index in [1.807, 2.05) is 30.3 Å². The number of anilines is 1. The van der Waals surface area contributed by atoms with Crippen molar-refractivity contribution < 1.29 is 4.79 Å². The zero-order valence-electron chi connectivity index (χ0n) is 7.96. The second-order valence-corrected chi connectivity index (χ2v) is 3.93. The number of hydrogen-bond donors (Lipinski definition) is 2. The molecular formula is C10H10IN3O. The van der Waals surface area contributed by atoms with E-state index in [9.17, 15) is 4.79 Å². The van der Waals surface area contributed by atoms with Gasteiger partial charge in [-0.15, -0.1) is 0 Å². The number of nitrogens with zero attached hydrogens (tertiary/aromatic N) is 1. The van der Waals surface area contributed by atoms with Gasteiger partial charge in [-0.05, 0) is 34.7 Å². The van der Waals surface area contributed by atoms with Crippen LogP contribution in [0.1, 0.15) is 0 Å². The topological polar surface area (TPSA) is 64.9 Å². The first kappa shape index (κ1) is 11.8. The molecule has 78 valence electrons. The summed E-state index contributed by atoms with van der Waals surface area (Å²) in [5, 5.41) is 13.7. The number of nitrogens with one attached hydrogen (secondary N) is 2. The molecule has 1 amide bonds. The largest absolute Gasteiger partial charge is 0.375 e. The molecule has 0 aliphatic heterocycles. The molecule has 0 unspecified atom stereocenters. The van der Waals surface area contributed by atoms with Crippen LogP contribution in [-0.4, -0.2) is 19.0 Å². The van der Waals surface area contributed by atoms with E-state index in [4.69, 9.17) is 5.26 Å². The molecule has 0 radical (unpaired) electrons. The predicted molar refractivity (Wildman–Crippen MR) is 66.3 cm³/mol. The Bertz CT molecular complexity index is 386. The summed E-state index contributed by atoms with van der Waals surface area (Å²) in [6, 6.07) is 9.54. The van der Waals surface area contributed by atoms with Crippen LogP contribution in [0.15, 0.2) is 24.3 Å². The van der Waals surface area contributed by atoms with Crippen molar-refractivity contribution in [2.45, 2.75) is 0 Å². The molecule has 0 fully saturated rings. The number of benzene rings is 1. The minimum Gasteiger partial charge on any atom is -0.375 e. The molecule has 0 atom stereocenters. The van der Waals surface area contributed by atoms with Crippen LogP contribution in [0.5, 0.6) is 0 Å². The fraction of sp³-hybridized carbons (Fsp3) is 0.200. The number of nitriles is 1. The molecule has 15 heavy (non-hydrogen) atoms. The van der Waals surface area contributed by atoms with Gasteiger partial charge in [0.05, 0.1) is 12.6 Å². The van der Waals surface area contributed by atoms with Gasteiger partial charge in [0.25, 0.3) is 0 Å². The Morgan fingerprint density at radius 1 is 1.47 bits per heavy atom. The number of amides is 1. The Hall–Kier alpha value is -1.29. The Balaban J connectivity index is 2.41. The van der Waals surface area contributed by atoms with Gasteiger partial charge in [0, 0.05) is 9.26 Å². The third-order valence-corrected chi connectivity index (χ3v) is 2.62. The molecule has 0 spiro atoms. The fourth-order valence-corrected chi connectivity index (χ4v) is 1.56. The molecule has 5 heteroatoms. The number of para-hydroxylation sites is 1. The Labute approximate surface area is 102 Å². The molecule has 0 aromatic heterocycles. The monoisotopic (exact) mass is 315 g/mol. The van der Waals surface area contributed by atoms with Crippen LogP contribution in [-0.2, 0) is 4.79 Å². The van der Waals surface area contributed by atoms with E-state index in [0.717, 1.165) is 9.26 Å². The van der Waals surface area contributed by atoms with Gasteiger partial charge in [-0.1, -0.05) is 12.1 Å². The molecule has 0 aliphatic carbocycles. The van der Waals surface area contributed by atoms with Crippen molar-refractivity contribution in [2.24, 2.45) is 0 Å². The van der Waals surface area contributed by atoms with Gasteiger partial charge in [-0.25, -0.2) is 0 Å². The lowest BCUT2D eigenvalue weighted by atomic mass is 10.3. The van der Waals surface area contributed by atoms with Crippen LogP contribution in [0, 0.1) is 14.9 Å². The second-order valence-electron chi connectivity index (χ2n) is 2.77. The lowest BCUT2D eigenvalue weighted by Gasteiger charge is -2.07. The Kier molecular flexibility index (Phi) is 4.90. The van der Waals surface area contributed by atoms with Gasteiger partial charge in [-0.3, -0.25) is 4.79 Å². The van der Waals surface area contributed by atoms with Crippen molar-refractivity contribution >= 4 is 34.2 Å². The van der Waals surface area contributed by atoms with Gasteiger partial charge in [0.1, 0.15) is 6.54 Å². The first-order chi connectivity index (χ1) is 7.24. The van der Waals surface area contributed by atoms with Gasteiger partial charge in [-0.2, -0.15) is 5.26 Å². The smallest absolute Gasteiger partial charge is 0.240 e. The zero-order chi connectivity index (χ0) is 11.1. The summed E-state index contributed by atoms with van der Waals surface area (Å²) in [6.45, 7) is 0.230. The molecule has 0 heterocycles. The van der Waals surface area contributed by atoms with E-state index < -0.39 is 0 Å². The molecule has 0 saturated carbocycles. The zero-order valence-corrected chi connectivity index (χ0v) is 10.1. The molecular weight excluding hydrogens is 305 g/mol. The number of rotatable bonds is 4. The molecule has 2 N–H and O–H groups in total. The highest BCUT2D eigenvalue weighted by molar-refractivity contribution is 14.1. The summed E-state index contributed by atoms with van der Waals surface area (Å²) in [5.41, 5.74) is 0.921. The van der Waals surface area contributed by atoms with E-state index in [1.54, 1.807) is 0 Å². The summed E-state index contributed by atoms with van der Waals surface area (Å²) in [4.78, 5) is 11.2. The minimum atomic E-state index is -0.184. The normalized spacial score (nSPS) is 9.07. The summed E-state index contributed by atoms with van der Waals surface area (Å²) in [5.74, 6) is -0.184. The third kappa shape index (κ3) is 4.16. The van der Waals surface area contributed by atoms with Crippen molar-refractivity contribution in [3.63, 3.8) is 0 Å². The van der Waals surface area contributed by atoms with E-state index in [-0.39, 0.29) is 19.0 Å². The quantitative estimate of drug-likeness (QED) is 0.651. The van der Waals surface area contributed by atoms with Crippen LogP contribution >= 0.6 is 22.6 Å². The van der Waals surface area contributed by atoms with Crippen molar-refractivity contribution in [2.75, 3.05) is 18.4 Å². The predicted octanol–water partition coefficient (Wildman–Crippen LogP) is 1.34. The standard InChI is InChI=1S/C10H10IN3O/c11-8-3-1-2-4-9(8)14-7-10(15)13-6-5-12/h1-4,14H,6-7H2,(H,13,15). The Morgan fingerprint density at radius 2 is 2.20 bits per heavy atom. The highest BCUT2D eigenvalue weighted by Gasteiger charge is 2.01. The van der Waals surface area contributed by atoms with Crippen molar-refractivity contribution in [1.29, 1.82) is 5.26 Å². The highest BCUT2D eigenvalue weighted by atomic mass is 127. The molecule has 1 aromatic rings. The molecule has 0 aliphatic rings. The van der Waals surface area contributed by atoms with Crippen LogP contribution in [0.25, 0.3) is 0 Å². The fourth-order valence-electron chi connectivity index (χ4n) is 0.981. The maximum atomic E-state index is 11.2. The van der Waals surface area contributed by atoms with Gasteiger partial charge in [0.2, 0.25) is 5.91 Å². The van der Waals surface area contributed by atoms with Crippen molar-refractivity contribution in [1.82, 2.24) is 5.32 Å². The minimum absolute atomic E-state index is 0.0480. The van der Waals surface area contributed by atoms with E-state index in [0.29, 0.717) is 0 Å². The van der Waals surface area contributed by atoms with E-state index in [1.165, 1.54) is 0 Å². The maximum absolute atomic E-state index is 11.2. The van der Waals surface area contributed by atoms with Crippen LogP contribution in [0.4, 0.5) is 5.69 Å². The first-order valence-electron chi connectivity index (χ1n) is 4.36. The summed E-state index contributed by atoms with van der Waals surface area (Å²) >= 11 is 2.19. The number of hydrogen-bond acceptors (Lipinski definition) is 3. The lowest BCUT2D eigenvalue weighted by molar-refractivity contribution is -0.119. The summed E-state index contributed by atoms with van der Waals surface area (Å²) < 4.78 is 1.06. The number of carbonyl (C=O) groups is 1. The average Bonchev–Trinajstić information content (AvgIpc) is 2.25. The SMILES string of the molecule is N#CCNC(=O)CNc1ccccc1I. The average molecular weight is 315 g/mol. The number of carbonyl (C=O) groups excluding carboxylic acids is 1. The number of halogens is 1. The molecule has 0 bridgehead atoms. The summed E-state index contributed by atoms with van der Waals surface area (Å²) in [7, 11) is 0. The highest BCUT2D eigenvalue weighted by Crippen LogP contribution is 2.16. The van der Waals surface area contributed by atoms with Crippen LogP contribution < -0.4 is 10.6 Å². The molecule has 4 nitrogen and oxygen atoms in total.